The van der Waals surface area contributed by atoms with Crippen molar-refractivity contribution in [3.8, 4) is 0 Å². The van der Waals surface area contributed by atoms with Crippen molar-refractivity contribution in [2.45, 2.75) is 39.2 Å². The van der Waals surface area contributed by atoms with E-state index in [1.54, 1.807) is 17.7 Å². The minimum absolute atomic E-state index is 0.0134. The maximum Gasteiger partial charge on any atom is 0.305 e. The second-order valence-electron chi connectivity index (χ2n) is 8.60. The van der Waals surface area contributed by atoms with Gasteiger partial charge in [0.25, 0.3) is 0 Å². The Balaban J connectivity index is 1.31. The summed E-state index contributed by atoms with van der Waals surface area (Å²) >= 11 is 2.94. The Morgan fingerprint density at radius 1 is 1.24 bits per heavy atom. The molecule has 10 heteroatoms. The molecule has 1 aromatic carbocycles. The number of nitrogens with zero attached hydrogens (tertiary/aromatic N) is 2. The lowest BCUT2D eigenvalue weighted by atomic mass is 9.93. The molecule has 4 N–H and O–H groups in total. The third-order valence-electron chi connectivity index (χ3n) is 5.91. The van der Waals surface area contributed by atoms with Crippen molar-refractivity contribution in [2.75, 3.05) is 18.4 Å². The smallest absolute Gasteiger partial charge is 0.305 e. The lowest BCUT2D eigenvalue weighted by Crippen LogP contribution is -2.40. The number of aromatic nitrogens is 3. The normalized spacial score (nSPS) is 15.8. The van der Waals surface area contributed by atoms with Gasteiger partial charge in [0, 0.05) is 35.6 Å². The van der Waals surface area contributed by atoms with Gasteiger partial charge in [0.1, 0.15) is 17.0 Å². The molecule has 0 spiro atoms. The number of H-pyrrole nitrogens is 1. The molecule has 1 amide bonds. The van der Waals surface area contributed by atoms with E-state index in [4.69, 9.17) is 0 Å². The van der Waals surface area contributed by atoms with Crippen LogP contribution in [0.4, 0.5) is 11.5 Å². The van der Waals surface area contributed by atoms with Crippen LogP contribution in [0.25, 0.3) is 20.4 Å². The zero-order valence-electron chi connectivity index (χ0n) is 18.5. The van der Waals surface area contributed by atoms with Gasteiger partial charge in [0.2, 0.25) is 5.91 Å². The predicted molar refractivity (Wildman–Crippen MR) is 135 cm³/mol. The first-order valence-electron chi connectivity index (χ1n) is 11.1. The molecule has 0 saturated carbocycles. The molecule has 8 nitrogen and oxygen atoms in total. The summed E-state index contributed by atoms with van der Waals surface area (Å²) in [7, 11) is 0. The average molecular weight is 483 g/mol. The molecule has 1 unspecified atom stereocenters. The Morgan fingerprint density at radius 2 is 2.12 bits per heavy atom. The SMILES string of the molecule is CC(C)C(=O)NCCNC1CCc2c(sc3ncnc(Nc4ccc5[nH]c(=O)sc5c4)c23)C1. The molecule has 0 fully saturated rings. The minimum Gasteiger partial charge on any atom is -0.355 e. The Kier molecular flexibility index (Phi) is 6.13. The van der Waals surface area contributed by atoms with Crippen molar-refractivity contribution in [3.63, 3.8) is 0 Å². The average Bonchev–Trinajstić information content (AvgIpc) is 3.35. The molecule has 1 aliphatic carbocycles. The van der Waals surface area contributed by atoms with Crippen molar-refractivity contribution in [1.29, 1.82) is 0 Å². The fourth-order valence-corrected chi connectivity index (χ4v) is 6.25. The Bertz CT molecular complexity index is 1370. The lowest BCUT2D eigenvalue weighted by molar-refractivity contribution is -0.123. The van der Waals surface area contributed by atoms with Crippen LogP contribution in [-0.4, -0.2) is 40.0 Å². The van der Waals surface area contributed by atoms with E-state index in [0.29, 0.717) is 12.6 Å². The number of hydrogen-bond acceptors (Lipinski definition) is 8. The molecule has 4 aromatic rings. The molecule has 0 radical (unpaired) electrons. The molecule has 33 heavy (non-hydrogen) atoms. The lowest BCUT2D eigenvalue weighted by Gasteiger charge is -2.24. The molecule has 0 bridgehead atoms. The molecular formula is C23H26N6O2S2. The number of fused-ring (bicyclic) bond motifs is 4. The number of aryl methyl sites for hydroxylation is 1. The zero-order valence-corrected chi connectivity index (χ0v) is 20.2. The highest BCUT2D eigenvalue weighted by Crippen LogP contribution is 2.39. The van der Waals surface area contributed by atoms with Crippen LogP contribution in [-0.2, 0) is 17.6 Å². The molecule has 3 heterocycles. The summed E-state index contributed by atoms with van der Waals surface area (Å²) in [5.41, 5.74) is 3.08. The van der Waals surface area contributed by atoms with Crippen LogP contribution >= 0.6 is 22.7 Å². The molecule has 0 aliphatic heterocycles. The highest BCUT2D eigenvalue weighted by atomic mass is 32.1. The van der Waals surface area contributed by atoms with Gasteiger partial charge in [-0.2, -0.15) is 0 Å². The Hall–Kier alpha value is -2.82. The van der Waals surface area contributed by atoms with Gasteiger partial charge >= 0.3 is 4.87 Å². The summed E-state index contributed by atoms with van der Waals surface area (Å²) in [5, 5.41) is 11.1. The second-order valence-corrected chi connectivity index (χ2v) is 10.7. The summed E-state index contributed by atoms with van der Waals surface area (Å²) in [5.74, 6) is 0.914. The van der Waals surface area contributed by atoms with Gasteiger partial charge in [-0.25, -0.2) is 9.97 Å². The first-order chi connectivity index (χ1) is 16.0. The van der Waals surface area contributed by atoms with Crippen LogP contribution in [0.2, 0.25) is 0 Å². The van der Waals surface area contributed by atoms with E-state index in [-0.39, 0.29) is 16.7 Å². The van der Waals surface area contributed by atoms with Crippen molar-refractivity contribution in [3.05, 3.63) is 44.6 Å². The van der Waals surface area contributed by atoms with E-state index in [2.05, 4.69) is 30.9 Å². The summed E-state index contributed by atoms with van der Waals surface area (Å²) in [6.07, 6.45) is 4.56. The standard InChI is InChI=1S/C23H26N6O2S2/c1-12(2)21(30)25-8-7-24-13-3-5-15-17(9-13)32-22-19(15)20(26-11-27-22)28-14-4-6-16-18(10-14)33-23(31)29-16/h4,6,10-13,24H,3,5,7-9H2,1-2H3,(H,25,30)(H,29,31)(H,26,27,28). The molecular weight excluding hydrogens is 456 g/mol. The number of anilines is 2. The van der Waals surface area contributed by atoms with Gasteiger partial charge in [-0.05, 0) is 43.0 Å². The van der Waals surface area contributed by atoms with Gasteiger partial charge < -0.3 is 20.9 Å². The van der Waals surface area contributed by atoms with E-state index >= 15 is 0 Å². The minimum atomic E-state index is -0.0519. The number of carbonyl (C=O) groups is 1. The molecule has 5 rings (SSSR count). The highest BCUT2D eigenvalue weighted by Gasteiger charge is 2.25. The summed E-state index contributed by atoms with van der Waals surface area (Å²) in [6, 6.07) is 6.24. The van der Waals surface area contributed by atoms with Gasteiger partial charge in [-0.3, -0.25) is 9.59 Å². The van der Waals surface area contributed by atoms with Crippen LogP contribution in [0.15, 0.2) is 29.3 Å². The van der Waals surface area contributed by atoms with Crippen LogP contribution in [0.5, 0.6) is 0 Å². The number of nitrogens with one attached hydrogen (secondary N) is 4. The maximum absolute atomic E-state index is 11.7. The van der Waals surface area contributed by atoms with E-state index in [1.807, 2.05) is 32.0 Å². The summed E-state index contributed by atoms with van der Waals surface area (Å²) in [6.45, 7) is 5.22. The third-order valence-corrected chi connectivity index (χ3v) is 7.92. The maximum atomic E-state index is 11.7. The Labute approximate surface area is 198 Å². The zero-order chi connectivity index (χ0) is 22.9. The summed E-state index contributed by atoms with van der Waals surface area (Å²) < 4.78 is 0.918. The number of rotatable bonds is 7. The topological polar surface area (TPSA) is 112 Å². The number of benzene rings is 1. The van der Waals surface area contributed by atoms with Crippen LogP contribution in [0.1, 0.15) is 30.7 Å². The van der Waals surface area contributed by atoms with Crippen molar-refractivity contribution < 1.29 is 4.79 Å². The third kappa shape index (κ3) is 4.64. The largest absolute Gasteiger partial charge is 0.355 e. The molecule has 172 valence electrons. The number of aromatic amines is 1. The second kappa shape index (κ2) is 9.20. The van der Waals surface area contributed by atoms with E-state index in [9.17, 15) is 9.59 Å². The van der Waals surface area contributed by atoms with Crippen molar-refractivity contribution in [1.82, 2.24) is 25.6 Å². The highest BCUT2D eigenvalue weighted by molar-refractivity contribution is 7.19. The van der Waals surface area contributed by atoms with E-state index < -0.39 is 0 Å². The predicted octanol–water partition coefficient (Wildman–Crippen LogP) is 3.56. The number of amides is 1. The van der Waals surface area contributed by atoms with Crippen LogP contribution in [0.3, 0.4) is 0 Å². The monoisotopic (exact) mass is 482 g/mol. The summed E-state index contributed by atoms with van der Waals surface area (Å²) in [4.78, 5) is 37.5. The number of carbonyl (C=O) groups excluding carboxylic acids is 1. The first kappa shape index (κ1) is 22.0. The fraction of sp³-hybridized carbons (Fsp3) is 0.391. The van der Waals surface area contributed by atoms with E-state index in [1.165, 1.54) is 21.8 Å². The fourth-order valence-electron chi connectivity index (χ4n) is 4.21. The van der Waals surface area contributed by atoms with Gasteiger partial charge in [0.15, 0.2) is 0 Å². The van der Waals surface area contributed by atoms with Gasteiger partial charge in [-0.1, -0.05) is 25.2 Å². The number of thiophene rings is 1. The first-order valence-corrected chi connectivity index (χ1v) is 12.8. The molecule has 1 atom stereocenters. The quantitative estimate of drug-likeness (QED) is 0.300. The van der Waals surface area contributed by atoms with Crippen LogP contribution < -0.4 is 20.8 Å². The number of hydrogen-bond donors (Lipinski definition) is 4. The molecule has 0 saturated heterocycles. The Morgan fingerprint density at radius 3 is 2.97 bits per heavy atom. The van der Waals surface area contributed by atoms with Crippen molar-refractivity contribution >= 4 is 60.5 Å². The van der Waals surface area contributed by atoms with E-state index in [0.717, 1.165) is 57.7 Å². The van der Waals surface area contributed by atoms with Crippen LogP contribution in [0, 0.1) is 5.92 Å². The molecule has 3 aromatic heterocycles. The van der Waals surface area contributed by atoms with Gasteiger partial charge in [-0.15, -0.1) is 11.3 Å². The molecule has 1 aliphatic rings. The van der Waals surface area contributed by atoms with Crippen molar-refractivity contribution in [2.24, 2.45) is 5.92 Å². The van der Waals surface area contributed by atoms with Gasteiger partial charge in [0.05, 0.1) is 15.6 Å². The number of thiazole rings is 1.